The van der Waals surface area contributed by atoms with E-state index in [2.05, 4.69) is 0 Å². The largest absolute Gasteiger partial charge is 0.496 e. The Kier molecular flexibility index (Phi) is 4.91. The molecule has 0 spiro atoms. The van der Waals surface area contributed by atoms with Crippen LogP contribution in [0.15, 0.2) is 24.3 Å². The first-order chi connectivity index (χ1) is 7.56. The monoisotopic (exact) mass is 342 g/mol. The quantitative estimate of drug-likeness (QED) is 0.603. The van der Waals surface area contributed by atoms with Crippen LogP contribution < -0.4 is 4.74 Å². The number of hydrogen-bond donors (Lipinski definition) is 0. The van der Waals surface area contributed by atoms with Crippen LogP contribution in [0.4, 0.5) is 8.78 Å². The molecule has 5 heteroatoms. The first kappa shape index (κ1) is 13.6. The van der Waals surface area contributed by atoms with Crippen LogP contribution in [0.3, 0.4) is 0 Å². The number of hydrogen-bond acceptors (Lipinski definition) is 2. The molecule has 1 aromatic carbocycles. The van der Waals surface area contributed by atoms with E-state index in [0.29, 0.717) is 11.3 Å². The molecule has 0 radical (unpaired) electrons. The number of rotatable bonds is 5. The summed E-state index contributed by atoms with van der Waals surface area (Å²) in [5.74, 6) is -2.50. The van der Waals surface area contributed by atoms with Gasteiger partial charge in [-0.3, -0.25) is 0 Å². The average molecular weight is 342 g/mol. The lowest BCUT2D eigenvalue weighted by Gasteiger charge is -2.25. The zero-order valence-corrected chi connectivity index (χ0v) is 11.2. The molecule has 0 N–H and O–H groups in total. The summed E-state index contributed by atoms with van der Waals surface area (Å²) in [7, 11) is 2.73. The van der Waals surface area contributed by atoms with E-state index in [-0.39, 0.29) is 4.43 Å². The van der Waals surface area contributed by atoms with Gasteiger partial charge in [-0.15, -0.1) is 0 Å². The summed E-state index contributed by atoms with van der Waals surface area (Å²) in [4.78, 5) is 0. The van der Waals surface area contributed by atoms with Crippen molar-refractivity contribution in [1.29, 1.82) is 0 Å². The van der Waals surface area contributed by atoms with Gasteiger partial charge in [-0.25, -0.2) is 8.78 Å². The van der Waals surface area contributed by atoms with Gasteiger partial charge in [-0.1, -0.05) is 40.8 Å². The van der Waals surface area contributed by atoms with Crippen molar-refractivity contribution in [3.63, 3.8) is 0 Å². The highest BCUT2D eigenvalue weighted by atomic mass is 127. The van der Waals surface area contributed by atoms with Gasteiger partial charge >= 0.3 is 0 Å². The van der Waals surface area contributed by atoms with Crippen LogP contribution >= 0.6 is 22.6 Å². The lowest BCUT2D eigenvalue weighted by Crippen LogP contribution is -2.29. The van der Waals surface area contributed by atoms with Gasteiger partial charge in [0.2, 0.25) is 0 Å². The molecule has 0 aliphatic rings. The molecule has 0 bridgehead atoms. The SMILES string of the molecule is COc1ccccc1C(OC)C(F)(F)CI. The van der Waals surface area contributed by atoms with Crippen molar-refractivity contribution in [3.8, 4) is 5.75 Å². The number of para-hydroxylation sites is 1. The Morgan fingerprint density at radius 3 is 2.44 bits per heavy atom. The lowest BCUT2D eigenvalue weighted by molar-refractivity contribution is -0.108. The summed E-state index contributed by atoms with van der Waals surface area (Å²) in [6.07, 6.45) is -1.28. The third-order valence-corrected chi connectivity index (χ3v) is 3.24. The van der Waals surface area contributed by atoms with Crippen LogP contribution in [-0.4, -0.2) is 24.6 Å². The molecular formula is C11H13F2IO2. The zero-order valence-electron chi connectivity index (χ0n) is 9.04. The highest BCUT2D eigenvalue weighted by Gasteiger charge is 2.41. The molecule has 0 saturated carbocycles. The summed E-state index contributed by atoms with van der Waals surface area (Å²) in [6.45, 7) is 0. The second-order valence-electron chi connectivity index (χ2n) is 3.25. The summed E-state index contributed by atoms with van der Waals surface area (Å²) < 4.78 is 36.9. The minimum absolute atomic E-state index is 0.304. The highest BCUT2D eigenvalue weighted by molar-refractivity contribution is 14.1. The maximum atomic E-state index is 13.6. The van der Waals surface area contributed by atoms with Crippen molar-refractivity contribution in [2.45, 2.75) is 12.0 Å². The molecule has 1 rings (SSSR count). The molecule has 1 unspecified atom stereocenters. The van der Waals surface area contributed by atoms with Gasteiger partial charge in [0, 0.05) is 12.7 Å². The van der Waals surface area contributed by atoms with Crippen LogP contribution in [-0.2, 0) is 4.74 Å². The van der Waals surface area contributed by atoms with Crippen molar-refractivity contribution < 1.29 is 18.3 Å². The van der Waals surface area contributed by atoms with E-state index < -0.39 is 12.0 Å². The van der Waals surface area contributed by atoms with Gasteiger partial charge in [-0.05, 0) is 6.07 Å². The van der Waals surface area contributed by atoms with Crippen molar-refractivity contribution in [2.75, 3.05) is 18.6 Å². The highest BCUT2D eigenvalue weighted by Crippen LogP contribution is 2.39. The minimum Gasteiger partial charge on any atom is -0.496 e. The van der Waals surface area contributed by atoms with Crippen molar-refractivity contribution in [1.82, 2.24) is 0 Å². The fraction of sp³-hybridized carbons (Fsp3) is 0.455. The number of halogens is 3. The molecule has 1 aromatic rings. The number of methoxy groups -OCH3 is 2. The first-order valence-corrected chi connectivity index (χ1v) is 6.19. The zero-order chi connectivity index (χ0) is 12.2. The Balaban J connectivity index is 3.13. The van der Waals surface area contributed by atoms with Crippen LogP contribution in [0.25, 0.3) is 0 Å². The molecule has 0 aromatic heterocycles. The molecule has 0 heterocycles. The van der Waals surface area contributed by atoms with Gasteiger partial charge < -0.3 is 9.47 Å². The number of alkyl halides is 3. The maximum absolute atomic E-state index is 13.6. The van der Waals surface area contributed by atoms with Gasteiger partial charge in [0.25, 0.3) is 5.92 Å². The first-order valence-electron chi connectivity index (χ1n) is 4.66. The normalized spacial score (nSPS) is 13.6. The van der Waals surface area contributed by atoms with E-state index in [0.717, 1.165) is 0 Å². The molecule has 0 aliphatic heterocycles. The van der Waals surface area contributed by atoms with E-state index in [4.69, 9.17) is 9.47 Å². The third-order valence-electron chi connectivity index (χ3n) is 2.22. The minimum atomic E-state index is -2.91. The summed E-state index contributed by atoms with van der Waals surface area (Å²) >= 11 is 1.65. The Bertz CT molecular complexity index is 345. The number of ether oxygens (including phenoxy) is 2. The van der Waals surface area contributed by atoms with Crippen LogP contribution in [0.2, 0.25) is 0 Å². The standard InChI is InChI=1S/C11H13F2IO2/c1-15-9-6-4-3-5-8(9)10(16-2)11(12,13)7-14/h3-6,10H,7H2,1-2H3. The van der Waals surface area contributed by atoms with Gasteiger partial charge in [-0.2, -0.15) is 0 Å². The van der Waals surface area contributed by atoms with E-state index in [1.54, 1.807) is 46.9 Å². The van der Waals surface area contributed by atoms with E-state index in [1.807, 2.05) is 0 Å². The fourth-order valence-corrected chi connectivity index (χ4v) is 1.88. The molecule has 0 saturated heterocycles. The van der Waals surface area contributed by atoms with Gasteiger partial charge in [0.05, 0.1) is 11.5 Å². The topological polar surface area (TPSA) is 18.5 Å². The van der Waals surface area contributed by atoms with Crippen molar-refractivity contribution in [2.24, 2.45) is 0 Å². The fourth-order valence-electron chi connectivity index (χ4n) is 1.48. The predicted octanol–water partition coefficient (Wildman–Crippen LogP) is 3.45. The predicted molar refractivity (Wildman–Crippen MR) is 66.6 cm³/mol. The summed E-state index contributed by atoms with van der Waals surface area (Å²) in [5, 5.41) is 0. The van der Waals surface area contributed by atoms with Crippen LogP contribution in [0.1, 0.15) is 11.7 Å². The Labute approximate surface area is 107 Å². The third kappa shape index (κ3) is 2.82. The van der Waals surface area contributed by atoms with Crippen molar-refractivity contribution >= 4 is 22.6 Å². The Morgan fingerprint density at radius 1 is 1.31 bits per heavy atom. The van der Waals surface area contributed by atoms with E-state index in [9.17, 15) is 8.78 Å². The molecule has 0 aliphatic carbocycles. The number of benzene rings is 1. The molecule has 1 atom stereocenters. The molecule has 90 valence electrons. The maximum Gasteiger partial charge on any atom is 0.286 e. The molecule has 0 amide bonds. The molecule has 16 heavy (non-hydrogen) atoms. The second kappa shape index (κ2) is 5.77. The van der Waals surface area contributed by atoms with Crippen LogP contribution in [0, 0.1) is 0 Å². The smallest absolute Gasteiger partial charge is 0.286 e. The van der Waals surface area contributed by atoms with Gasteiger partial charge in [0.15, 0.2) is 0 Å². The molecule has 2 nitrogen and oxygen atoms in total. The van der Waals surface area contributed by atoms with Crippen LogP contribution in [0.5, 0.6) is 5.75 Å². The van der Waals surface area contributed by atoms with E-state index in [1.165, 1.54) is 14.2 Å². The Morgan fingerprint density at radius 2 is 1.94 bits per heavy atom. The van der Waals surface area contributed by atoms with Gasteiger partial charge in [0.1, 0.15) is 11.9 Å². The second-order valence-corrected chi connectivity index (χ2v) is 4.02. The summed E-state index contributed by atoms with van der Waals surface area (Å²) in [5.41, 5.74) is 0.370. The van der Waals surface area contributed by atoms with E-state index >= 15 is 0 Å². The lowest BCUT2D eigenvalue weighted by atomic mass is 10.0. The molecular weight excluding hydrogens is 329 g/mol. The summed E-state index contributed by atoms with van der Waals surface area (Å²) in [6, 6.07) is 6.65. The molecule has 0 fully saturated rings. The Hall–Kier alpha value is -0.430. The average Bonchev–Trinajstić information content (AvgIpc) is 2.30. The van der Waals surface area contributed by atoms with Crippen molar-refractivity contribution in [3.05, 3.63) is 29.8 Å².